The summed E-state index contributed by atoms with van der Waals surface area (Å²) in [4.78, 5) is 31.5. The van der Waals surface area contributed by atoms with Crippen LogP contribution in [-0.2, 0) is 17.9 Å². The second kappa shape index (κ2) is 6.78. The van der Waals surface area contributed by atoms with Crippen LogP contribution in [0.4, 0.5) is 0 Å². The Morgan fingerprint density at radius 2 is 1.92 bits per heavy atom. The van der Waals surface area contributed by atoms with Crippen molar-refractivity contribution in [3.63, 3.8) is 0 Å². The van der Waals surface area contributed by atoms with E-state index in [1.807, 2.05) is 9.47 Å². The largest absolute Gasteiger partial charge is 0.393 e. The van der Waals surface area contributed by atoms with Gasteiger partial charge in [-0.25, -0.2) is 4.98 Å². The molecular weight excluding hydrogens is 320 g/mol. The highest BCUT2D eigenvalue weighted by molar-refractivity contribution is 5.93. The Bertz CT molecular complexity index is 659. The summed E-state index contributed by atoms with van der Waals surface area (Å²) in [6, 6.07) is 0.254. The van der Waals surface area contributed by atoms with Gasteiger partial charge in [0.25, 0.3) is 5.91 Å². The molecule has 1 aromatic rings. The third-order valence-corrected chi connectivity index (χ3v) is 5.79. The lowest BCUT2D eigenvalue weighted by Crippen LogP contribution is -2.43. The van der Waals surface area contributed by atoms with Gasteiger partial charge in [0.15, 0.2) is 5.69 Å². The topological polar surface area (TPSA) is 87.5 Å². The first-order valence-electron chi connectivity index (χ1n) is 9.43. The van der Waals surface area contributed by atoms with Gasteiger partial charge in [0.05, 0.1) is 24.7 Å². The molecule has 0 atom stereocenters. The minimum Gasteiger partial charge on any atom is -0.393 e. The zero-order chi connectivity index (χ0) is 17.4. The van der Waals surface area contributed by atoms with E-state index in [4.69, 9.17) is 0 Å². The molecule has 4 rings (SSSR count). The molecule has 136 valence electrons. The van der Waals surface area contributed by atoms with Crippen LogP contribution in [0.1, 0.15) is 61.1 Å². The Hall–Kier alpha value is -1.89. The first kappa shape index (κ1) is 16.6. The molecule has 1 aliphatic heterocycles. The van der Waals surface area contributed by atoms with E-state index in [0.29, 0.717) is 31.6 Å². The number of rotatable bonds is 3. The van der Waals surface area contributed by atoms with Crippen LogP contribution in [0.15, 0.2) is 6.33 Å². The Kier molecular flexibility index (Phi) is 4.50. The van der Waals surface area contributed by atoms with Gasteiger partial charge in [0.1, 0.15) is 0 Å². The maximum atomic E-state index is 12.7. The van der Waals surface area contributed by atoms with Crippen molar-refractivity contribution in [2.75, 3.05) is 6.54 Å². The molecule has 2 saturated carbocycles. The fourth-order valence-corrected chi connectivity index (χ4v) is 4.21. The minimum atomic E-state index is -0.334. The van der Waals surface area contributed by atoms with Crippen LogP contribution in [0, 0.1) is 5.92 Å². The summed E-state index contributed by atoms with van der Waals surface area (Å²) >= 11 is 0. The molecular formula is C18H26N4O3. The van der Waals surface area contributed by atoms with Crippen molar-refractivity contribution in [2.24, 2.45) is 5.92 Å². The van der Waals surface area contributed by atoms with Crippen molar-refractivity contribution >= 4 is 11.8 Å². The van der Waals surface area contributed by atoms with Crippen molar-refractivity contribution in [2.45, 2.75) is 70.2 Å². The summed E-state index contributed by atoms with van der Waals surface area (Å²) in [6.45, 7) is 1.89. The number of fused-ring (bicyclic) bond motifs is 1. The predicted molar refractivity (Wildman–Crippen MR) is 90.7 cm³/mol. The summed E-state index contributed by atoms with van der Waals surface area (Å²) in [5.41, 5.74) is 1.29. The monoisotopic (exact) mass is 346 g/mol. The number of nitrogens with zero attached hydrogens (tertiary/aromatic N) is 3. The number of amides is 2. The van der Waals surface area contributed by atoms with Crippen molar-refractivity contribution in [1.82, 2.24) is 19.8 Å². The number of imidazole rings is 1. The van der Waals surface area contributed by atoms with E-state index in [-0.39, 0.29) is 29.9 Å². The highest BCUT2D eigenvalue weighted by atomic mass is 16.3. The fourth-order valence-electron chi connectivity index (χ4n) is 4.21. The van der Waals surface area contributed by atoms with E-state index in [1.165, 1.54) is 12.8 Å². The second-order valence-corrected chi connectivity index (χ2v) is 7.62. The summed E-state index contributed by atoms with van der Waals surface area (Å²) in [6.07, 6.45) is 7.77. The Morgan fingerprint density at radius 3 is 2.64 bits per heavy atom. The first-order valence-corrected chi connectivity index (χ1v) is 9.43. The number of hydrogen-bond donors (Lipinski definition) is 2. The number of nitrogens with one attached hydrogen (secondary N) is 1. The quantitative estimate of drug-likeness (QED) is 0.857. The van der Waals surface area contributed by atoms with Gasteiger partial charge in [0.2, 0.25) is 5.91 Å². The smallest absolute Gasteiger partial charge is 0.272 e. The lowest BCUT2D eigenvalue weighted by molar-refractivity contribution is -0.143. The lowest BCUT2D eigenvalue weighted by Gasteiger charge is -2.34. The van der Waals surface area contributed by atoms with E-state index >= 15 is 0 Å². The lowest BCUT2D eigenvalue weighted by atomic mass is 9.81. The van der Waals surface area contributed by atoms with Gasteiger partial charge in [-0.15, -0.1) is 0 Å². The van der Waals surface area contributed by atoms with Gasteiger partial charge < -0.3 is 19.9 Å². The highest BCUT2D eigenvalue weighted by Gasteiger charge is 2.37. The van der Waals surface area contributed by atoms with E-state index in [0.717, 1.165) is 31.5 Å². The molecule has 0 bridgehead atoms. The SMILES string of the molecule is O=C(NC1CCCC1)c1ncn2c1CN(C(=O)C1CC(O)C1)CCC2. The molecule has 2 amide bonds. The zero-order valence-corrected chi connectivity index (χ0v) is 14.5. The number of aromatic nitrogens is 2. The average Bonchev–Trinajstić information content (AvgIpc) is 3.16. The highest BCUT2D eigenvalue weighted by Crippen LogP contribution is 2.30. The molecule has 2 N–H and O–H groups in total. The Balaban J connectivity index is 1.48. The summed E-state index contributed by atoms with van der Waals surface area (Å²) in [5.74, 6) is -0.0867. The number of aliphatic hydroxyl groups excluding tert-OH is 1. The first-order chi connectivity index (χ1) is 12.1. The van der Waals surface area contributed by atoms with Gasteiger partial charge in [-0.1, -0.05) is 12.8 Å². The number of carbonyl (C=O) groups excluding carboxylic acids is 2. The standard InChI is InChI=1S/C18H26N4O3/c23-14-8-12(9-14)18(25)21-6-3-7-22-11-19-16(15(22)10-21)17(24)20-13-4-1-2-5-13/h11-14,23H,1-10H2,(H,20,24). The van der Waals surface area contributed by atoms with Crippen LogP contribution >= 0.6 is 0 Å². The fraction of sp³-hybridized carbons (Fsp3) is 0.722. The van der Waals surface area contributed by atoms with Gasteiger partial charge in [-0.3, -0.25) is 9.59 Å². The van der Waals surface area contributed by atoms with Gasteiger partial charge in [-0.05, 0) is 32.1 Å². The van der Waals surface area contributed by atoms with Crippen LogP contribution in [-0.4, -0.2) is 50.1 Å². The van der Waals surface area contributed by atoms with Crippen molar-refractivity contribution < 1.29 is 14.7 Å². The van der Waals surface area contributed by atoms with Crippen LogP contribution < -0.4 is 5.32 Å². The third kappa shape index (κ3) is 3.29. The Morgan fingerprint density at radius 1 is 1.16 bits per heavy atom. The third-order valence-electron chi connectivity index (χ3n) is 5.79. The van der Waals surface area contributed by atoms with Crippen molar-refractivity contribution in [1.29, 1.82) is 0 Å². The number of carbonyl (C=O) groups is 2. The summed E-state index contributed by atoms with van der Waals surface area (Å²) in [5, 5.41) is 12.6. The number of aryl methyl sites for hydroxylation is 1. The normalized spacial score (nSPS) is 26.7. The minimum absolute atomic E-state index is 0.0692. The second-order valence-electron chi connectivity index (χ2n) is 7.62. The molecule has 3 aliphatic rings. The molecule has 0 spiro atoms. The molecule has 0 aromatic carbocycles. The van der Waals surface area contributed by atoms with Crippen LogP contribution in [0.2, 0.25) is 0 Å². The molecule has 7 nitrogen and oxygen atoms in total. The van der Waals surface area contributed by atoms with Crippen LogP contribution in [0.25, 0.3) is 0 Å². The summed E-state index contributed by atoms with van der Waals surface area (Å²) < 4.78 is 2.01. The van der Waals surface area contributed by atoms with E-state index in [1.54, 1.807) is 6.33 Å². The Labute approximate surface area is 147 Å². The van der Waals surface area contributed by atoms with Gasteiger partial charge in [0, 0.05) is 25.0 Å². The van der Waals surface area contributed by atoms with Crippen LogP contribution in [0.3, 0.4) is 0 Å². The van der Waals surface area contributed by atoms with Crippen molar-refractivity contribution in [3.05, 3.63) is 17.7 Å². The molecule has 2 heterocycles. The van der Waals surface area contributed by atoms with Crippen molar-refractivity contribution in [3.8, 4) is 0 Å². The molecule has 0 saturated heterocycles. The molecule has 0 radical (unpaired) electrons. The maximum absolute atomic E-state index is 12.7. The van der Waals surface area contributed by atoms with E-state index in [2.05, 4.69) is 10.3 Å². The van der Waals surface area contributed by atoms with Crippen LogP contribution in [0.5, 0.6) is 0 Å². The van der Waals surface area contributed by atoms with Gasteiger partial charge >= 0.3 is 0 Å². The van der Waals surface area contributed by atoms with E-state index < -0.39 is 0 Å². The molecule has 25 heavy (non-hydrogen) atoms. The zero-order valence-electron chi connectivity index (χ0n) is 14.5. The van der Waals surface area contributed by atoms with E-state index in [9.17, 15) is 14.7 Å². The van der Waals surface area contributed by atoms with Gasteiger partial charge in [-0.2, -0.15) is 0 Å². The average molecular weight is 346 g/mol. The summed E-state index contributed by atoms with van der Waals surface area (Å²) in [7, 11) is 0. The molecule has 7 heteroatoms. The number of aliphatic hydroxyl groups is 1. The molecule has 2 aliphatic carbocycles. The number of hydrogen-bond acceptors (Lipinski definition) is 4. The molecule has 2 fully saturated rings. The predicted octanol–water partition coefficient (Wildman–Crippen LogP) is 1.06. The maximum Gasteiger partial charge on any atom is 0.272 e. The molecule has 0 unspecified atom stereocenters. The molecule has 1 aromatic heterocycles.